The van der Waals surface area contributed by atoms with Crippen molar-refractivity contribution in [2.24, 2.45) is 17.3 Å². The van der Waals surface area contributed by atoms with E-state index in [0.717, 1.165) is 13.0 Å². The molecule has 134 valence electrons. The molecule has 0 bridgehead atoms. The van der Waals surface area contributed by atoms with E-state index >= 15 is 0 Å². The van der Waals surface area contributed by atoms with Crippen LogP contribution >= 0.6 is 0 Å². The maximum absolute atomic E-state index is 12.8. The first kappa shape index (κ1) is 20.1. The average molecular weight is 327 g/mol. The molecule has 1 aliphatic rings. The van der Waals surface area contributed by atoms with Crippen LogP contribution in [-0.2, 0) is 19.1 Å². The van der Waals surface area contributed by atoms with Crippen LogP contribution in [0.2, 0.25) is 0 Å². The SMILES string of the molecule is COC1(C)CC(C)CN(C)CCOC(=O)C(C)(C)C(=O)C(C)C1. The zero-order chi connectivity index (χ0) is 17.8. The van der Waals surface area contributed by atoms with Gasteiger partial charge >= 0.3 is 5.97 Å². The highest BCUT2D eigenvalue weighted by molar-refractivity contribution is 6.03. The summed E-state index contributed by atoms with van der Waals surface area (Å²) in [6.07, 6.45) is 1.48. The third kappa shape index (κ3) is 5.28. The number of hydrogen-bond acceptors (Lipinski definition) is 5. The minimum absolute atomic E-state index is 0.0778. The molecule has 1 aliphatic heterocycles. The highest BCUT2D eigenvalue weighted by Gasteiger charge is 2.42. The molecule has 0 radical (unpaired) electrons. The molecule has 5 heteroatoms. The van der Waals surface area contributed by atoms with Crippen molar-refractivity contribution in [3.05, 3.63) is 0 Å². The van der Waals surface area contributed by atoms with Crippen LogP contribution in [0.25, 0.3) is 0 Å². The number of carbonyl (C=O) groups is 2. The van der Waals surface area contributed by atoms with E-state index in [1.54, 1.807) is 21.0 Å². The number of cyclic esters (lactones) is 1. The van der Waals surface area contributed by atoms with Gasteiger partial charge in [0.15, 0.2) is 5.78 Å². The minimum atomic E-state index is -1.12. The number of Topliss-reactive ketones (excluding diaryl/α,β-unsaturated/α-hetero) is 1. The van der Waals surface area contributed by atoms with E-state index in [0.29, 0.717) is 25.5 Å². The van der Waals surface area contributed by atoms with Crippen LogP contribution < -0.4 is 0 Å². The maximum atomic E-state index is 12.8. The number of methoxy groups -OCH3 is 1. The Labute approximate surface area is 140 Å². The van der Waals surface area contributed by atoms with E-state index in [2.05, 4.69) is 18.7 Å². The first-order valence-corrected chi connectivity index (χ1v) is 8.47. The van der Waals surface area contributed by atoms with Crippen LogP contribution in [0.1, 0.15) is 47.5 Å². The number of ether oxygens (including phenoxy) is 2. The summed E-state index contributed by atoms with van der Waals surface area (Å²) < 4.78 is 11.1. The summed E-state index contributed by atoms with van der Waals surface area (Å²) in [5.41, 5.74) is -1.49. The molecular weight excluding hydrogens is 294 g/mol. The molecular formula is C18H33NO4. The van der Waals surface area contributed by atoms with Crippen LogP contribution in [-0.4, -0.2) is 56.1 Å². The molecule has 1 rings (SSSR count). The summed E-state index contributed by atoms with van der Waals surface area (Å²) >= 11 is 0. The van der Waals surface area contributed by atoms with E-state index in [1.165, 1.54) is 0 Å². The Kier molecular flexibility index (Phi) is 6.78. The molecule has 0 amide bonds. The molecule has 0 aliphatic carbocycles. The number of ketones is 1. The molecule has 1 heterocycles. The van der Waals surface area contributed by atoms with Gasteiger partial charge in [0, 0.05) is 26.1 Å². The lowest BCUT2D eigenvalue weighted by Crippen LogP contribution is -2.42. The van der Waals surface area contributed by atoms with Gasteiger partial charge in [0.25, 0.3) is 0 Å². The largest absolute Gasteiger partial charge is 0.464 e. The first-order valence-electron chi connectivity index (χ1n) is 8.47. The van der Waals surface area contributed by atoms with Crippen molar-refractivity contribution in [2.75, 3.05) is 33.9 Å². The van der Waals surface area contributed by atoms with E-state index in [9.17, 15) is 9.59 Å². The summed E-state index contributed by atoms with van der Waals surface area (Å²) in [7, 11) is 3.72. The Bertz CT molecular complexity index is 435. The van der Waals surface area contributed by atoms with Crippen molar-refractivity contribution in [3.8, 4) is 0 Å². The zero-order valence-electron chi connectivity index (χ0n) is 15.8. The summed E-state index contributed by atoms with van der Waals surface area (Å²) in [5.74, 6) is -0.343. The fourth-order valence-electron chi connectivity index (χ4n) is 3.61. The van der Waals surface area contributed by atoms with Crippen molar-refractivity contribution in [1.82, 2.24) is 4.90 Å². The van der Waals surface area contributed by atoms with Gasteiger partial charge in [0.05, 0.1) is 5.60 Å². The predicted octanol–water partition coefficient (Wildman–Crippen LogP) is 2.53. The lowest BCUT2D eigenvalue weighted by molar-refractivity contribution is -0.160. The van der Waals surface area contributed by atoms with Gasteiger partial charge in [0.2, 0.25) is 0 Å². The van der Waals surface area contributed by atoms with Crippen LogP contribution in [0.4, 0.5) is 0 Å². The van der Waals surface area contributed by atoms with Gasteiger partial charge in [-0.3, -0.25) is 9.59 Å². The monoisotopic (exact) mass is 327 g/mol. The topological polar surface area (TPSA) is 55.8 Å². The highest BCUT2D eigenvalue weighted by Crippen LogP contribution is 2.33. The number of likely N-dealkylation sites (N-methyl/N-ethyl adjacent to an activating group) is 1. The Hall–Kier alpha value is -0.940. The van der Waals surface area contributed by atoms with Crippen molar-refractivity contribution in [3.63, 3.8) is 0 Å². The zero-order valence-corrected chi connectivity index (χ0v) is 15.8. The molecule has 0 N–H and O–H groups in total. The van der Waals surface area contributed by atoms with E-state index < -0.39 is 11.4 Å². The Morgan fingerprint density at radius 3 is 2.35 bits per heavy atom. The predicted molar refractivity (Wildman–Crippen MR) is 90.2 cm³/mol. The van der Waals surface area contributed by atoms with Gasteiger partial charge in [-0.25, -0.2) is 0 Å². The fourth-order valence-corrected chi connectivity index (χ4v) is 3.61. The molecule has 23 heavy (non-hydrogen) atoms. The Morgan fingerprint density at radius 1 is 1.17 bits per heavy atom. The molecule has 0 aromatic heterocycles. The van der Waals surface area contributed by atoms with E-state index in [4.69, 9.17) is 9.47 Å². The third-order valence-corrected chi connectivity index (χ3v) is 4.91. The van der Waals surface area contributed by atoms with Gasteiger partial charge < -0.3 is 14.4 Å². The molecule has 3 atom stereocenters. The molecule has 1 saturated heterocycles. The quantitative estimate of drug-likeness (QED) is 0.547. The summed E-state index contributed by atoms with van der Waals surface area (Å²) in [4.78, 5) is 27.2. The van der Waals surface area contributed by atoms with Crippen molar-refractivity contribution >= 4 is 11.8 Å². The normalized spacial score (nSPS) is 34.9. The number of hydrogen-bond donors (Lipinski definition) is 0. The first-order chi connectivity index (χ1) is 10.5. The van der Waals surface area contributed by atoms with Crippen molar-refractivity contribution < 1.29 is 19.1 Å². The molecule has 0 saturated carbocycles. The van der Waals surface area contributed by atoms with Gasteiger partial charge in [-0.05, 0) is 46.6 Å². The van der Waals surface area contributed by atoms with Crippen LogP contribution in [0.5, 0.6) is 0 Å². The van der Waals surface area contributed by atoms with Gasteiger partial charge in [-0.15, -0.1) is 0 Å². The van der Waals surface area contributed by atoms with E-state index in [-0.39, 0.29) is 17.3 Å². The second-order valence-electron chi connectivity index (χ2n) is 7.96. The Balaban J connectivity index is 3.06. The maximum Gasteiger partial charge on any atom is 0.319 e. The number of nitrogens with zero attached hydrogens (tertiary/aromatic N) is 1. The number of carbonyl (C=O) groups excluding carboxylic acids is 2. The number of rotatable bonds is 1. The standard InChI is InChI=1S/C18H33NO4/c1-13-10-18(5,22-7)11-14(2)15(20)17(3,4)16(21)23-9-8-19(6)12-13/h13-14H,8-12H2,1-7H3. The summed E-state index contributed by atoms with van der Waals surface area (Å²) in [6.45, 7) is 11.3. The summed E-state index contributed by atoms with van der Waals surface area (Å²) in [6, 6.07) is 0. The molecule has 0 aromatic rings. The molecule has 3 unspecified atom stereocenters. The third-order valence-electron chi connectivity index (χ3n) is 4.91. The second kappa shape index (κ2) is 7.75. The summed E-state index contributed by atoms with van der Waals surface area (Å²) in [5, 5.41) is 0. The molecule has 5 nitrogen and oxygen atoms in total. The lowest BCUT2D eigenvalue weighted by Gasteiger charge is -2.35. The van der Waals surface area contributed by atoms with Crippen molar-refractivity contribution in [1.29, 1.82) is 0 Å². The van der Waals surface area contributed by atoms with Crippen LogP contribution in [0, 0.1) is 17.3 Å². The lowest BCUT2D eigenvalue weighted by atomic mass is 9.76. The second-order valence-corrected chi connectivity index (χ2v) is 7.96. The van der Waals surface area contributed by atoms with Crippen LogP contribution in [0.3, 0.4) is 0 Å². The molecule has 0 spiro atoms. The molecule has 1 fully saturated rings. The highest BCUT2D eigenvalue weighted by atomic mass is 16.5. The number of esters is 1. The average Bonchev–Trinajstić information content (AvgIpc) is 2.44. The van der Waals surface area contributed by atoms with Crippen LogP contribution in [0.15, 0.2) is 0 Å². The van der Waals surface area contributed by atoms with Gasteiger partial charge in [-0.1, -0.05) is 13.8 Å². The van der Waals surface area contributed by atoms with Gasteiger partial charge in [0.1, 0.15) is 12.0 Å². The van der Waals surface area contributed by atoms with Crippen molar-refractivity contribution in [2.45, 2.75) is 53.1 Å². The van der Waals surface area contributed by atoms with Gasteiger partial charge in [-0.2, -0.15) is 0 Å². The van der Waals surface area contributed by atoms with E-state index in [1.807, 2.05) is 14.0 Å². The fraction of sp³-hybridized carbons (Fsp3) is 0.889. The molecule has 0 aromatic carbocycles. The Morgan fingerprint density at radius 2 is 1.78 bits per heavy atom. The smallest absolute Gasteiger partial charge is 0.319 e. The minimum Gasteiger partial charge on any atom is -0.464 e.